The van der Waals surface area contributed by atoms with E-state index in [1.807, 2.05) is 0 Å². The highest BCUT2D eigenvalue weighted by molar-refractivity contribution is 5.94. The number of carbonyl (C=O) groups excluding carboxylic acids is 1. The van der Waals surface area contributed by atoms with Gasteiger partial charge in [0.25, 0.3) is 5.91 Å². The Morgan fingerprint density at radius 1 is 1.27 bits per heavy atom. The lowest BCUT2D eigenvalue weighted by Crippen LogP contribution is -2.27. The van der Waals surface area contributed by atoms with E-state index in [9.17, 15) is 14.0 Å². The molecule has 0 atom stereocenters. The molecule has 9 heteroatoms. The molecule has 8 nitrogen and oxygen atoms in total. The van der Waals surface area contributed by atoms with Crippen molar-refractivity contribution in [1.29, 1.82) is 0 Å². The summed E-state index contributed by atoms with van der Waals surface area (Å²) in [5.41, 5.74) is 0.858. The number of rotatable bonds is 5. The van der Waals surface area contributed by atoms with E-state index in [0.717, 1.165) is 12.8 Å². The van der Waals surface area contributed by atoms with E-state index in [1.54, 1.807) is 18.5 Å². The predicted octanol–water partition coefficient (Wildman–Crippen LogP) is 1.43. The first kappa shape index (κ1) is 16.1. The summed E-state index contributed by atoms with van der Waals surface area (Å²) in [6.07, 6.45) is 6.35. The van der Waals surface area contributed by atoms with Crippen LogP contribution in [0.25, 0.3) is 11.1 Å². The number of hydrogen-bond donors (Lipinski definition) is 2. The van der Waals surface area contributed by atoms with E-state index in [-0.39, 0.29) is 23.8 Å². The fourth-order valence-electron chi connectivity index (χ4n) is 2.75. The highest BCUT2D eigenvalue weighted by Gasteiger charge is 2.28. The molecule has 3 aromatic rings. The van der Waals surface area contributed by atoms with Crippen molar-refractivity contribution in [1.82, 2.24) is 30.0 Å². The molecule has 1 aliphatic rings. The molecule has 0 saturated heterocycles. The van der Waals surface area contributed by atoms with Crippen LogP contribution in [0.15, 0.2) is 41.7 Å². The van der Waals surface area contributed by atoms with Crippen LogP contribution in [-0.2, 0) is 6.54 Å². The van der Waals surface area contributed by atoms with Crippen molar-refractivity contribution in [2.45, 2.75) is 25.4 Å². The highest BCUT2D eigenvalue weighted by Crippen LogP contribution is 2.34. The Balaban J connectivity index is 1.49. The quantitative estimate of drug-likeness (QED) is 0.721. The van der Waals surface area contributed by atoms with Gasteiger partial charge in [0.05, 0.1) is 12.1 Å². The Bertz CT molecular complexity index is 1010. The summed E-state index contributed by atoms with van der Waals surface area (Å²) in [5, 5.41) is 8.91. The van der Waals surface area contributed by atoms with Gasteiger partial charge in [-0.1, -0.05) is 6.07 Å². The topological polar surface area (TPSA) is 106 Å². The van der Waals surface area contributed by atoms with Gasteiger partial charge in [-0.15, -0.1) is 0 Å². The molecular formula is C17H15FN6O2. The second-order valence-corrected chi connectivity index (χ2v) is 6.05. The molecule has 132 valence electrons. The lowest BCUT2D eigenvalue weighted by molar-refractivity contribution is 0.0945. The first-order chi connectivity index (χ1) is 12.6. The fraction of sp³-hybridized carbons (Fsp3) is 0.235. The van der Waals surface area contributed by atoms with E-state index < -0.39 is 11.7 Å². The van der Waals surface area contributed by atoms with Gasteiger partial charge in [0.1, 0.15) is 12.1 Å². The minimum atomic E-state index is -0.648. The molecule has 26 heavy (non-hydrogen) atoms. The summed E-state index contributed by atoms with van der Waals surface area (Å²) in [4.78, 5) is 31.8. The number of nitrogens with one attached hydrogen (secondary N) is 2. The van der Waals surface area contributed by atoms with Crippen molar-refractivity contribution < 1.29 is 9.18 Å². The van der Waals surface area contributed by atoms with Crippen LogP contribution in [-0.4, -0.2) is 30.6 Å². The second kappa shape index (κ2) is 6.51. The minimum Gasteiger partial charge on any atom is -0.345 e. The fourth-order valence-corrected chi connectivity index (χ4v) is 2.75. The van der Waals surface area contributed by atoms with Crippen molar-refractivity contribution in [3.8, 4) is 11.1 Å². The number of benzene rings is 1. The Labute approximate surface area is 147 Å². The number of carbonyl (C=O) groups is 1. The number of hydrogen-bond acceptors (Lipinski definition) is 5. The van der Waals surface area contributed by atoms with Crippen LogP contribution < -0.4 is 11.0 Å². The summed E-state index contributed by atoms with van der Waals surface area (Å²) >= 11 is 0. The largest absolute Gasteiger partial charge is 0.345 e. The molecule has 0 unspecified atom stereocenters. The highest BCUT2D eigenvalue weighted by atomic mass is 19.1. The molecule has 2 heterocycles. The molecule has 0 bridgehead atoms. The van der Waals surface area contributed by atoms with Gasteiger partial charge >= 0.3 is 5.69 Å². The SMILES string of the molecule is O=C(NCc1n[nH]c(=O)n1C1CC1)c1ccc(-c2cncnc2)cc1F. The third-order valence-corrected chi connectivity index (χ3v) is 4.20. The molecule has 0 spiro atoms. The van der Waals surface area contributed by atoms with E-state index in [1.165, 1.54) is 23.0 Å². The molecule has 0 aliphatic heterocycles. The molecule has 1 amide bonds. The molecule has 0 radical (unpaired) electrons. The van der Waals surface area contributed by atoms with Gasteiger partial charge in [-0.3, -0.25) is 9.36 Å². The van der Waals surface area contributed by atoms with Gasteiger partial charge in [0.15, 0.2) is 5.82 Å². The van der Waals surface area contributed by atoms with Crippen LogP contribution in [0.3, 0.4) is 0 Å². The van der Waals surface area contributed by atoms with E-state index in [2.05, 4.69) is 25.5 Å². The molecular weight excluding hydrogens is 339 g/mol. The molecule has 1 saturated carbocycles. The zero-order valence-corrected chi connectivity index (χ0v) is 13.6. The van der Waals surface area contributed by atoms with Crippen LogP contribution >= 0.6 is 0 Å². The van der Waals surface area contributed by atoms with Crippen LogP contribution in [0, 0.1) is 5.82 Å². The molecule has 1 aliphatic carbocycles. The zero-order valence-electron chi connectivity index (χ0n) is 13.6. The lowest BCUT2D eigenvalue weighted by atomic mass is 10.1. The zero-order chi connectivity index (χ0) is 18.1. The van der Waals surface area contributed by atoms with E-state index in [0.29, 0.717) is 17.0 Å². The Kier molecular flexibility index (Phi) is 4.04. The first-order valence-corrected chi connectivity index (χ1v) is 8.12. The normalized spacial score (nSPS) is 13.6. The first-order valence-electron chi connectivity index (χ1n) is 8.12. The smallest absolute Gasteiger partial charge is 0.343 e. The standard InChI is InChI=1S/C17H15FN6O2/c18-14-5-10(11-6-19-9-20-7-11)1-4-13(14)16(25)21-8-15-22-23-17(26)24(15)12-2-3-12/h1,4-7,9,12H,2-3,8H2,(H,21,25)(H,23,26). The van der Waals surface area contributed by atoms with Gasteiger partial charge in [-0.25, -0.2) is 24.3 Å². The summed E-state index contributed by atoms with van der Waals surface area (Å²) in [7, 11) is 0. The van der Waals surface area contributed by atoms with Crippen LogP contribution in [0.1, 0.15) is 35.1 Å². The maximum absolute atomic E-state index is 14.4. The summed E-state index contributed by atoms with van der Waals surface area (Å²) in [6, 6.07) is 4.44. The number of nitrogens with zero attached hydrogens (tertiary/aromatic N) is 4. The number of halogens is 1. The van der Waals surface area contributed by atoms with Crippen molar-refractivity contribution in [3.63, 3.8) is 0 Å². The molecule has 2 N–H and O–H groups in total. The summed E-state index contributed by atoms with van der Waals surface area (Å²) in [5.74, 6) is -0.786. The van der Waals surface area contributed by atoms with E-state index >= 15 is 0 Å². The minimum absolute atomic E-state index is 0.0434. The van der Waals surface area contributed by atoms with Crippen LogP contribution in [0.2, 0.25) is 0 Å². The van der Waals surface area contributed by atoms with Gasteiger partial charge in [0.2, 0.25) is 0 Å². The maximum atomic E-state index is 14.4. The number of aromatic nitrogens is 5. The Hall–Kier alpha value is -3.36. The van der Waals surface area contributed by atoms with Crippen molar-refractivity contribution in [3.05, 3.63) is 64.6 Å². The Morgan fingerprint density at radius 2 is 2.04 bits per heavy atom. The second-order valence-electron chi connectivity index (χ2n) is 6.05. The molecule has 2 aromatic heterocycles. The maximum Gasteiger partial charge on any atom is 0.343 e. The van der Waals surface area contributed by atoms with Gasteiger partial charge in [0, 0.05) is 24.0 Å². The van der Waals surface area contributed by atoms with Crippen molar-refractivity contribution in [2.75, 3.05) is 0 Å². The third kappa shape index (κ3) is 3.10. The number of H-pyrrole nitrogens is 1. The molecule has 1 fully saturated rings. The predicted molar refractivity (Wildman–Crippen MR) is 89.7 cm³/mol. The van der Waals surface area contributed by atoms with Gasteiger partial charge in [-0.2, -0.15) is 5.10 Å². The average Bonchev–Trinajstić information content (AvgIpc) is 3.43. The Morgan fingerprint density at radius 3 is 2.73 bits per heavy atom. The summed E-state index contributed by atoms with van der Waals surface area (Å²) < 4.78 is 15.9. The molecule has 1 aromatic carbocycles. The monoisotopic (exact) mass is 354 g/mol. The van der Waals surface area contributed by atoms with Crippen LogP contribution in [0.5, 0.6) is 0 Å². The average molecular weight is 354 g/mol. The van der Waals surface area contributed by atoms with E-state index in [4.69, 9.17) is 0 Å². The number of aromatic amines is 1. The van der Waals surface area contributed by atoms with Crippen molar-refractivity contribution in [2.24, 2.45) is 0 Å². The van der Waals surface area contributed by atoms with Crippen molar-refractivity contribution >= 4 is 5.91 Å². The number of amides is 1. The third-order valence-electron chi connectivity index (χ3n) is 4.20. The van der Waals surface area contributed by atoms with Gasteiger partial charge in [-0.05, 0) is 30.5 Å². The molecule has 4 rings (SSSR count). The summed E-state index contributed by atoms with van der Waals surface area (Å²) in [6.45, 7) is 0.0434. The van der Waals surface area contributed by atoms with Gasteiger partial charge < -0.3 is 5.32 Å². The van der Waals surface area contributed by atoms with Crippen LogP contribution in [0.4, 0.5) is 4.39 Å². The lowest BCUT2D eigenvalue weighted by Gasteiger charge is -2.08.